The van der Waals surface area contributed by atoms with Crippen molar-refractivity contribution in [3.05, 3.63) is 48.6 Å². The molecule has 1 aromatic rings. The quantitative estimate of drug-likeness (QED) is 0.650. The van der Waals surface area contributed by atoms with Crippen molar-refractivity contribution >= 4 is 47.0 Å². The Kier molecular flexibility index (Phi) is 7.68. The molecule has 0 spiro atoms. The molecule has 0 aromatic heterocycles. The minimum absolute atomic E-state index is 0.750. The molecule has 0 saturated heterocycles. The summed E-state index contributed by atoms with van der Waals surface area (Å²) in [7, 11) is 0. The lowest BCUT2D eigenvalue weighted by molar-refractivity contribution is 1.62. The second kappa shape index (κ2) is 7.93. The van der Waals surface area contributed by atoms with Gasteiger partial charge in [0.15, 0.2) is 4.30 Å². The van der Waals surface area contributed by atoms with E-state index in [0.717, 1.165) is 11.1 Å². The van der Waals surface area contributed by atoms with Gasteiger partial charge in [-0.1, -0.05) is 84.4 Å². The van der Waals surface area contributed by atoms with Crippen molar-refractivity contribution in [1.82, 2.24) is 0 Å². The van der Waals surface area contributed by atoms with E-state index in [0.29, 0.717) is 0 Å². The Morgan fingerprint density at radius 1 is 0.929 bits per heavy atom. The minimum Gasteiger partial charge on any atom is -0.0984 e. The summed E-state index contributed by atoms with van der Waals surface area (Å²) in [5.41, 5.74) is 2.27. The maximum atomic E-state index is 4.81. The van der Waals surface area contributed by atoms with Crippen LogP contribution in [-0.4, -0.2) is 4.30 Å². The number of hydrogen-bond donors (Lipinski definition) is 0. The van der Waals surface area contributed by atoms with Crippen LogP contribution in [0.4, 0.5) is 0 Å². The van der Waals surface area contributed by atoms with Crippen LogP contribution in [0.5, 0.6) is 0 Å². The van der Waals surface area contributed by atoms with E-state index < -0.39 is 4.30 Å². The molecule has 0 N–H and O–H groups in total. The molecule has 0 nitrogen and oxygen atoms in total. The van der Waals surface area contributed by atoms with Crippen molar-refractivity contribution in [2.75, 3.05) is 0 Å². The Bertz CT molecular complexity index is 263. The lowest BCUT2D eigenvalue weighted by Gasteiger charge is -1.96. The summed E-state index contributed by atoms with van der Waals surface area (Å²) in [5, 5.41) is 0. The Morgan fingerprint density at radius 2 is 1.21 bits per heavy atom. The average Bonchev–Trinajstić information content (AvgIpc) is 2.17. The molecule has 1 aromatic carbocycles. The number of halogens is 3. The fourth-order valence-corrected chi connectivity index (χ4v) is 0.883. The first-order valence-corrected chi connectivity index (χ1v) is 5.19. The first-order valence-electron chi connectivity index (χ1n) is 3.88. The summed E-state index contributed by atoms with van der Waals surface area (Å²) in [6.45, 7) is 7.38. The average molecular weight is 250 g/mol. The molecule has 1 rings (SSSR count). The monoisotopic (exact) mass is 248 g/mol. The third-order valence-electron chi connectivity index (χ3n) is 1.44. The van der Waals surface area contributed by atoms with Gasteiger partial charge in [-0.2, -0.15) is 0 Å². The predicted octanol–water partition coefficient (Wildman–Crippen LogP) is 4.96. The molecular weight excluding hydrogens is 238 g/mol. The normalized spacial score (nSPS) is 8.86. The zero-order valence-electron chi connectivity index (χ0n) is 7.59. The second-order valence-corrected chi connectivity index (χ2v) is 4.26. The lowest BCUT2D eigenvalue weighted by atomic mass is 10.1. The van der Waals surface area contributed by atoms with Crippen molar-refractivity contribution in [1.29, 1.82) is 0 Å². The van der Waals surface area contributed by atoms with Gasteiger partial charge in [0.2, 0.25) is 0 Å². The van der Waals surface area contributed by atoms with Gasteiger partial charge >= 0.3 is 0 Å². The van der Waals surface area contributed by atoms with Crippen molar-refractivity contribution in [3.8, 4) is 0 Å². The van der Waals surface area contributed by atoms with Crippen LogP contribution in [0, 0.1) is 0 Å². The molecule has 76 valence electrons. The number of hydrogen-bond acceptors (Lipinski definition) is 0. The van der Waals surface area contributed by atoms with Gasteiger partial charge in [0.25, 0.3) is 0 Å². The lowest BCUT2D eigenvalue weighted by Crippen LogP contribution is -1.76. The van der Waals surface area contributed by atoms with Gasteiger partial charge in [0.05, 0.1) is 0 Å². The Morgan fingerprint density at radius 3 is 1.43 bits per heavy atom. The molecule has 0 radical (unpaired) electrons. The third kappa shape index (κ3) is 6.09. The topological polar surface area (TPSA) is 0 Å². The van der Waals surface area contributed by atoms with Crippen LogP contribution in [0.2, 0.25) is 0 Å². The highest BCUT2D eigenvalue weighted by atomic mass is 35.6. The van der Waals surface area contributed by atoms with Crippen LogP contribution in [0.25, 0.3) is 12.2 Å². The zero-order chi connectivity index (χ0) is 11.0. The number of rotatable bonds is 2. The Labute approximate surface area is 99.8 Å². The number of benzene rings is 1. The molecule has 0 aliphatic rings. The highest BCUT2D eigenvalue weighted by molar-refractivity contribution is 6.63. The molecule has 0 heterocycles. The first kappa shape index (κ1) is 13.6. The standard InChI is InChI=1S/C10H10.CHCl3/c1-3-9-7-5-6-8-10(9)4-2;2-1(3)4/h3-8H,1-2H2;1H. The summed E-state index contributed by atoms with van der Waals surface area (Å²) in [4.78, 5) is 0. The van der Waals surface area contributed by atoms with Crippen LogP contribution in [-0.2, 0) is 0 Å². The van der Waals surface area contributed by atoms with Crippen LogP contribution in [0.15, 0.2) is 37.4 Å². The number of alkyl halides is 3. The molecule has 14 heavy (non-hydrogen) atoms. The van der Waals surface area contributed by atoms with Gasteiger partial charge in [-0.15, -0.1) is 0 Å². The molecule has 0 aliphatic heterocycles. The molecule has 0 atom stereocenters. The van der Waals surface area contributed by atoms with E-state index in [1.54, 1.807) is 0 Å². The van der Waals surface area contributed by atoms with Crippen LogP contribution < -0.4 is 0 Å². The van der Waals surface area contributed by atoms with Gasteiger partial charge in [0, 0.05) is 0 Å². The van der Waals surface area contributed by atoms with E-state index >= 15 is 0 Å². The molecule has 0 unspecified atom stereocenters. The van der Waals surface area contributed by atoms with Crippen molar-refractivity contribution in [2.45, 2.75) is 4.30 Å². The van der Waals surface area contributed by atoms with Crippen molar-refractivity contribution in [3.63, 3.8) is 0 Å². The summed E-state index contributed by atoms with van der Waals surface area (Å²) in [5.74, 6) is 0. The molecule has 3 heteroatoms. The van der Waals surface area contributed by atoms with Gasteiger partial charge in [0.1, 0.15) is 0 Å². The minimum atomic E-state index is -0.750. The maximum absolute atomic E-state index is 4.81. The fourth-order valence-electron chi connectivity index (χ4n) is 0.883. The first-order chi connectivity index (χ1) is 6.61. The molecule has 0 bridgehead atoms. The van der Waals surface area contributed by atoms with Gasteiger partial charge < -0.3 is 0 Å². The molecule has 0 aliphatic carbocycles. The second-order valence-electron chi connectivity index (χ2n) is 2.28. The van der Waals surface area contributed by atoms with E-state index in [1.807, 2.05) is 36.4 Å². The highest BCUT2D eigenvalue weighted by Crippen LogP contribution is 2.10. The summed E-state index contributed by atoms with van der Waals surface area (Å²) >= 11 is 14.4. The Balaban J connectivity index is 0.000000364. The van der Waals surface area contributed by atoms with Crippen molar-refractivity contribution in [2.24, 2.45) is 0 Å². The van der Waals surface area contributed by atoms with Crippen LogP contribution >= 0.6 is 34.8 Å². The summed E-state index contributed by atoms with van der Waals surface area (Å²) < 4.78 is -0.750. The smallest absolute Gasteiger partial charge is 0.0984 e. The van der Waals surface area contributed by atoms with Gasteiger partial charge in [-0.05, 0) is 11.1 Å². The maximum Gasteiger partial charge on any atom is 0.180 e. The zero-order valence-corrected chi connectivity index (χ0v) is 9.86. The van der Waals surface area contributed by atoms with E-state index in [4.69, 9.17) is 34.8 Å². The highest BCUT2D eigenvalue weighted by Gasteiger charge is 1.89. The van der Waals surface area contributed by atoms with E-state index in [9.17, 15) is 0 Å². The fraction of sp³-hybridized carbons (Fsp3) is 0.0909. The predicted molar refractivity (Wildman–Crippen MR) is 68.0 cm³/mol. The van der Waals surface area contributed by atoms with Gasteiger partial charge in [-0.3, -0.25) is 0 Å². The molecular formula is C11H11Cl3. The molecule has 0 amide bonds. The van der Waals surface area contributed by atoms with Crippen molar-refractivity contribution < 1.29 is 0 Å². The SMILES string of the molecule is C=Cc1ccccc1C=C.ClC(Cl)Cl. The summed E-state index contributed by atoms with van der Waals surface area (Å²) in [6, 6.07) is 8.02. The van der Waals surface area contributed by atoms with Gasteiger partial charge in [-0.25, -0.2) is 0 Å². The van der Waals surface area contributed by atoms with E-state index in [1.165, 1.54) is 0 Å². The molecule has 0 fully saturated rings. The Hall–Kier alpha value is -0.430. The van der Waals surface area contributed by atoms with E-state index in [2.05, 4.69) is 13.2 Å². The largest absolute Gasteiger partial charge is 0.180 e. The van der Waals surface area contributed by atoms with Crippen LogP contribution in [0.1, 0.15) is 11.1 Å². The molecule has 0 saturated carbocycles. The third-order valence-corrected chi connectivity index (χ3v) is 1.44. The van der Waals surface area contributed by atoms with E-state index in [-0.39, 0.29) is 0 Å². The van der Waals surface area contributed by atoms with Crippen LogP contribution in [0.3, 0.4) is 0 Å². The summed E-state index contributed by atoms with van der Waals surface area (Å²) in [6.07, 6.45) is 3.66.